The predicted molar refractivity (Wildman–Crippen MR) is 39.1 cm³/mol. The lowest BCUT2D eigenvalue weighted by atomic mass is 10.1. The van der Waals surface area contributed by atoms with Crippen LogP contribution in [-0.4, -0.2) is 6.67 Å². The Bertz CT molecular complexity index is 112. The van der Waals surface area contributed by atoms with Gasteiger partial charge in [-0.25, -0.2) is 4.39 Å². The van der Waals surface area contributed by atoms with Gasteiger partial charge in [-0.3, -0.25) is 0 Å². The third-order valence-electron chi connectivity index (χ3n) is 1.16. The van der Waals surface area contributed by atoms with Gasteiger partial charge in [0.25, 0.3) is 0 Å². The molecule has 0 aliphatic heterocycles. The topological polar surface area (TPSA) is 0 Å². The molecule has 0 radical (unpaired) electrons. The van der Waals surface area contributed by atoms with Crippen LogP contribution in [0.4, 0.5) is 4.39 Å². The van der Waals surface area contributed by atoms with Crippen LogP contribution in [0.3, 0.4) is 0 Å². The molecule has 1 heteroatoms. The third-order valence-corrected chi connectivity index (χ3v) is 1.16. The van der Waals surface area contributed by atoms with E-state index in [1.165, 1.54) is 6.08 Å². The van der Waals surface area contributed by atoms with E-state index in [1.54, 1.807) is 6.08 Å². The number of rotatable bonds is 3. The van der Waals surface area contributed by atoms with Crippen molar-refractivity contribution in [3.05, 3.63) is 24.3 Å². The first kappa shape index (κ1) is 8.41. The van der Waals surface area contributed by atoms with Crippen LogP contribution in [-0.2, 0) is 0 Å². The van der Waals surface area contributed by atoms with Crippen molar-refractivity contribution in [2.75, 3.05) is 6.67 Å². The van der Waals surface area contributed by atoms with Gasteiger partial charge < -0.3 is 0 Å². The fourth-order valence-corrected chi connectivity index (χ4v) is 0.388. The van der Waals surface area contributed by atoms with E-state index < -0.39 is 6.67 Å². The molecule has 0 unspecified atom stereocenters. The van der Waals surface area contributed by atoms with Crippen molar-refractivity contribution in [3.63, 3.8) is 0 Å². The minimum Gasteiger partial charge on any atom is -0.247 e. The van der Waals surface area contributed by atoms with E-state index in [4.69, 9.17) is 0 Å². The van der Waals surface area contributed by atoms with Gasteiger partial charge in [0.2, 0.25) is 0 Å². The molecule has 0 amide bonds. The molecule has 0 aromatic heterocycles. The normalized spacial score (nSPS) is 11.1. The van der Waals surface area contributed by atoms with E-state index in [1.807, 2.05) is 13.8 Å². The molecule has 0 fully saturated rings. The Balaban J connectivity index is 3.63. The van der Waals surface area contributed by atoms with Crippen molar-refractivity contribution < 1.29 is 4.39 Å². The number of allylic oxidation sites excluding steroid dienone is 3. The van der Waals surface area contributed by atoms with Gasteiger partial charge in [-0.2, -0.15) is 0 Å². The molecule has 0 nitrogen and oxygen atoms in total. The summed E-state index contributed by atoms with van der Waals surface area (Å²) in [7, 11) is 0. The van der Waals surface area contributed by atoms with Crippen LogP contribution in [0, 0.1) is 5.92 Å². The molecule has 0 atom stereocenters. The van der Waals surface area contributed by atoms with Gasteiger partial charge in [-0.15, -0.1) is 0 Å². The highest BCUT2D eigenvalue weighted by atomic mass is 19.1. The smallest absolute Gasteiger partial charge is 0.108 e. The van der Waals surface area contributed by atoms with Gasteiger partial charge >= 0.3 is 0 Å². The lowest BCUT2D eigenvalue weighted by Crippen LogP contribution is -1.86. The van der Waals surface area contributed by atoms with Crippen molar-refractivity contribution in [1.29, 1.82) is 0 Å². The van der Waals surface area contributed by atoms with Gasteiger partial charge in [0.05, 0.1) is 0 Å². The summed E-state index contributed by atoms with van der Waals surface area (Å²) in [6.07, 6.45) is 3.20. The van der Waals surface area contributed by atoms with E-state index in [0.29, 0.717) is 5.92 Å². The third kappa shape index (κ3) is 3.95. The molecule has 0 saturated carbocycles. The summed E-state index contributed by atoms with van der Waals surface area (Å²) in [5, 5.41) is 0. The van der Waals surface area contributed by atoms with Crippen LogP contribution in [0.15, 0.2) is 24.3 Å². The van der Waals surface area contributed by atoms with Crippen molar-refractivity contribution >= 4 is 0 Å². The summed E-state index contributed by atoms with van der Waals surface area (Å²) >= 11 is 0. The molecular formula is C8H13F. The molecule has 0 bridgehead atoms. The summed E-state index contributed by atoms with van der Waals surface area (Å²) in [6, 6.07) is 0. The maximum atomic E-state index is 11.5. The van der Waals surface area contributed by atoms with Gasteiger partial charge in [0.1, 0.15) is 6.67 Å². The first-order valence-electron chi connectivity index (χ1n) is 3.09. The molecule has 0 N–H and O–H groups in total. The van der Waals surface area contributed by atoms with Crippen LogP contribution in [0.2, 0.25) is 0 Å². The minimum absolute atomic E-state index is 0.397. The highest BCUT2D eigenvalue weighted by Crippen LogP contribution is 2.06. The second kappa shape index (κ2) is 4.30. The van der Waals surface area contributed by atoms with Crippen molar-refractivity contribution in [3.8, 4) is 0 Å². The molecule has 0 spiro atoms. The van der Waals surface area contributed by atoms with Crippen molar-refractivity contribution in [2.24, 2.45) is 5.92 Å². The van der Waals surface area contributed by atoms with Gasteiger partial charge in [0.15, 0.2) is 0 Å². The van der Waals surface area contributed by atoms with Crippen LogP contribution < -0.4 is 0 Å². The molecule has 0 aromatic carbocycles. The fraction of sp³-hybridized carbons (Fsp3) is 0.500. The molecule has 0 rings (SSSR count). The largest absolute Gasteiger partial charge is 0.247 e. The van der Waals surface area contributed by atoms with Crippen LogP contribution in [0.25, 0.3) is 0 Å². The molecule has 0 aliphatic rings. The summed E-state index contributed by atoms with van der Waals surface area (Å²) < 4.78 is 11.5. The van der Waals surface area contributed by atoms with Crippen LogP contribution in [0.5, 0.6) is 0 Å². The highest BCUT2D eigenvalue weighted by molar-refractivity contribution is 5.15. The maximum Gasteiger partial charge on any atom is 0.108 e. The average molecular weight is 128 g/mol. The Kier molecular flexibility index (Phi) is 4.02. The maximum absolute atomic E-state index is 11.5. The zero-order chi connectivity index (χ0) is 7.28. The molecule has 52 valence electrons. The summed E-state index contributed by atoms with van der Waals surface area (Å²) in [6.45, 7) is 7.41. The van der Waals surface area contributed by atoms with E-state index in [9.17, 15) is 4.39 Å². The Morgan fingerprint density at radius 3 is 2.56 bits per heavy atom. The van der Waals surface area contributed by atoms with E-state index >= 15 is 0 Å². The summed E-state index contributed by atoms with van der Waals surface area (Å²) in [5.74, 6) is 0.424. The fourth-order valence-electron chi connectivity index (χ4n) is 0.388. The number of hydrogen-bond acceptors (Lipinski definition) is 0. The standard InChI is InChI=1S/C8H13F/c1-7(2)8(3)5-4-6-9/h4-5,7H,3,6H2,1-2H3/b5-4+. The first-order chi connectivity index (χ1) is 4.18. The van der Waals surface area contributed by atoms with Crippen LogP contribution >= 0.6 is 0 Å². The Labute approximate surface area is 56.1 Å². The van der Waals surface area contributed by atoms with E-state index in [2.05, 4.69) is 6.58 Å². The SMILES string of the molecule is C=C(/C=C/CF)C(C)C. The van der Waals surface area contributed by atoms with E-state index in [0.717, 1.165) is 5.57 Å². The molecule has 0 aromatic rings. The number of halogens is 1. The molecule has 0 aliphatic carbocycles. The van der Waals surface area contributed by atoms with Crippen molar-refractivity contribution in [2.45, 2.75) is 13.8 Å². The second-order valence-electron chi connectivity index (χ2n) is 2.29. The lowest BCUT2D eigenvalue weighted by molar-refractivity contribution is 0.561. The zero-order valence-electron chi connectivity index (χ0n) is 6.02. The molecule has 0 heterocycles. The summed E-state index contributed by atoms with van der Waals surface area (Å²) in [4.78, 5) is 0. The Morgan fingerprint density at radius 1 is 1.67 bits per heavy atom. The predicted octanol–water partition coefficient (Wildman–Crippen LogP) is 2.72. The van der Waals surface area contributed by atoms with E-state index in [-0.39, 0.29) is 0 Å². The number of hydrogen-bond donors (Lipinski definition) is 0. The number of alkyl halides is 1. The minimum atomic E-state index is -0.397. The quantitative estimate of drug-likeness (QED) is 0.513. The highest BCUT2D eigenvalue weighted by Gasteiger charge is 1.92. The monoisotopic (exact) mass is 128 g/mol. The van der Waals surface area contributed by atoms with Crippen LogP contribution in [0.1, 0.15) is 13.8 Å². The average Bonchev–Trinajstić information content (AvgIpc) is 1.82. The Morgan fingerprint density at radius 2 is 2.22 bits per heavy atom. The lowest BCUT2D eigenvalue weighted by Gasteiger charge is -2.00. The first-order valence-corrected chi connectivity index (χ1v) is 3.09. The second-order valence-corrected chi connectivity index (χ2v) is 2.29. The zero-order valence-corrected chi connectivity index (χ0v) is 6.02. The van der Waals surface area contributed by atoms with Gasteiger partial charge in [-0.05, 0) is 5.92 Å². The molecular weight excluding hydrogens is 115 g/mol. The van der Waals surface area contributed by atoms with Gasteiger partial charge in [0, 0.05) is 0 Å². The molecule has 9 heavy (non-hydrogen) atoms. The Hall–Kier alpha value is -0.590. The van der Waals surface area contributed by atoms with Crippen molar-refractivity contribution in [1.82, 2.24) is 0 Å². The summed E-state index contributed by atoms with van der Waals surface area (Å²) in [5.41, 5.74) is 0.979. The molecule has 0 saturated heterocycles. The van der Waals surface area contributed by atoms with Gasteiger partial charge in [-0.1, -0.05) is 38.2 Å².